The molecular weight excluding hydrogens is 360 g/mol. The van der Waals surface area contributed by atoms with Gasteiger partial charge in [0, 0.05) is 18.1 Å². The summed E-state index contributed by atoms with van der Waals surface area (Å²) in [7, 11) is 0. The summed E-state index contributed by atoms with van der Waals surface area (Å²) in [5.74, 6) is -0.201. The zero-order chi connectivity index (χ0) is 19.6. The lowest BCUT2D eigenvalue weighted by Crippen LogP contribution is -2.49. The van der Waals surface area contributed by atoms with Crippen LogP contribution in [-0.4, -0.2) is 29.3 Å². The van der Waals surface area contributed by atoms with Crippen molar-refractivity contribution >= 4 is 23.4 Å². The smallest absolute Gasteiger partial charge is 0.242 e. The second kappa shape index (κ2) is 10.7. The number of hydrogen-bond donors (Lipinski definition) is 1. The van der Waals surface area contributed by atoms with E-state index in [0.717, 1.165) is 17.5 Å². The van der Waals surface area contributed by atoms with Gasteiger partial charge in [0.1, 0.15) is 6.04 Å². The lowest BCUT2D eigenvalue weighted by Gasteiger charge is -2.31. The maximum atomic E-state index is 13.1. The minimum Gasteiger partial charge on any atom is -0.354 e. The molecule has 0 aliphatic carbocycles. The van der Waals surface area contributed by atoms with E-state index in [0.29, 0.717) is 24.5 Å². The van der Waals surface area contributed by atoms with Crippen molar-refractivity contribution in [3.05, 3.63) is 70.7 Å². The van der Waals surface area contributed by atoms with Gasteiger partial charge < -0.3 is 10.2 Å². The zero-order valence-corrected chi connectivity index (χ0v) is 16.7. The summed E-state index contributed by atoms with van der Waals surface area (Å²) in [5.41, 5.74) is 1.76. The van der Waals surface area contributed by atoms with Gasteiger partial charge in [0.25, 0.3) is 0 Å². The Labute approximate surface area is 166 Å². The van der Waals surface area contributed by atoms with Crippen LogP contribution < -0.4 is 5.32 Å². The van der Waals surface area contributed by atoms with Gasteiger partial charge in [0.2, 0.25) is 11.8 Å². The maximum Gasteiger partial charge on any atom is 0.242 e. The van der Waals surface area contributed by atoms with Crippen molar-refractivity contribution in [2.45, 2.75) is 45.7 Å². The number of carbonyl (C=O) groups excluding carboxylic acids is 2. The highest BCUT2D eigenvalue weighted by Crippen LogP contribution is 2.20. The van der Waals surface area contributed by atoms with Gasteiger partial charge in [0.15, 0.2) is 0 Å². The van der Waals surface area contributed by atoms with Crippen LogP contribution >= 0.6 is 11.6 Å². The molecule has 0 bridgehead atoms. The fourth-order valence-electron chi connectivity index (χ4n) is 2.97. The summed E-state index contributed by atoms with van der Waals surface area (Å²) in [4.78, 5) is 27.4. The van der Waals surface area contributed by atoms with Crippen molar-refractivity contribution < 1.29 is 9.59 Å². The predicted molar refractivity (Wildman–Crippen MR) is 110 cm³/mol. The fraction of sp³-hybridized carbons (Fsp3) is 0.364. The molecule has 0 unspecified atom stereocenters. The van der Waals surface area contributed by atoms with Crippen LogP contribution in [0.1, 0.15) is 37.8 Å². The van der Waals surface area contributed by atoms with Gasteiger partial charge >= 0.3 is 0 Å². The Bertz CT molecular complexity index is 749. The van der Waals surface area contributed by atoms with Crippen LogP contribution in [0.2, 0.25) is 5.02 Å². The van der Waals surface area contributed by atoms with Crippen molar-refractivity contribution in [1.29, 1.82) is 0 Å². The number of hydrogen-bond acceptors (Lipinski definition) is 2. The first-order valence-corrected chi connectivity index (χ1v) is 9.79. The first-order valence-electron chi connectivity index (χ1n) is 9.41. The van der Waals surface area contributed by atoms with Gasteiger partial charge in [-0.2, -0.15) is 0 Å². The van der Waals surface area contributed by atoms with E-state index < -0.39 is 6.04 Å². The van der Waals surface area contributed by atoms with Crippen LogP contribution in [0.3, 0.4) is 0 Å². The van der Waals surface area contributed by atoms with E-state index in [2.05, 4.69) is 5.32 Å². The second-order valence-electron chi connectivity index (χ2n) is 6.49. The van der Waals surface area contributed by atoms with Crippen LogP contribution in [0, 0.1) is 0 Å². The molecule has 0 aromatic heterocycles. The molecular formula is C22H27ClN2O2. The molecule has 0 aliphatic heterocycles. The molecule has 0 radical (unpaired) electrons. The highest BCUT2D eigenvalue weighted by Gasteiger charge is 2.28. The molecule has 0 aliphatic rings. The van der Waals surface area contributed by atoms with Crippen LogP contribution in [0.4, 0.5) is 0 Å². The molecule has 144 valence electrons. The molecule has 1 atom stereocenters. The molecule has 0 heterocycles. The Kier molecular flexibility index (Phi) is 8.34. The molecule has 2 amide bonds. The molecule has 2 aromatic carbocycles. The highest BCUT2D eigenvalue weighted by atomic mass is 35.5. The average Bonchev–Trinajstić information content (AvgIpc) is 2.68. The summed E-state index contributed by atoms with van der Waals surface area (Å²) in [6.45, 7) is 4.83. The zero-order valence-electron chi connectivity index (χ0n) is 16.0. The molecule has 0 fully saturated rings. The van der Waals surface area contributed by atoms with Crippen molar-refractivity contribution in [3.63, 3.8) is 0 Å². The molecule has 4 nitrogen and oxygen atoms in total. The first kappa shape index (κ1) is 21.0. The first-order chi connectivity index (χ1) is 13.1. The molecule has 2 rings (SSSR count). The molecule has 27 heavy (non-hydrogen) atoms. The van der Waals surface area contributed by atoms with Gasteiger partial charge in [-0.3, -0.25) is 9.59 Å². The average molecular weight is 387 g/mol. The molecule has 2 aromatic rings. The van der Waals surface area contributed by atoms with E-state index in [9.17, 15) is 9.59 Å². The monoisotopic (exact) mass is 386 g/mol. The van der Waals surface area contributed by atoms with Gasteiger partial charge in [-0.05, 0) is 30.0 Å². The number of benzene rings is 2. The topological polar surface area (TPSA) is 49.4 Å². The Morgan fingerprint density at radius 3 is 2.33 bits per heavy atom. The number of rotatable bonds is 9. The van der Waals surface area contributed by atoms with Gasteiger partial charge in [-0.15, -0.1) is 0 Å². The maximum absolute atomic E-state index is 13.1. The number of carbonyl (C=O) groups is 2. The predicted octanol–water partition coefficient (Wildman–Crippen LogP) is 4.22. The number of amides is 2. The van der Waals surface area contributed by atoms with E-state index in [1.807, 2.05) is 62.4 Å². The van der Waals surface area contributed by atoms with Crippen molar-refractivity contribution in [1.82, 2.24) is 10.2 Å². The van der Waals surface area contributed by atoms with E-state index >= 15 is 0 Å². The fourth-order valence-corrected chi connectivity index (χ4v) is 3.16. The van der Waals surface area contributed by atoms with Crippen molar-refractivity contribution in [2.24, 2.45) is 0 Å². The Morgan fingerprint density at radius 2 is 1.70 bits per heavy atom. The Hall–Kier alpha value is -2.33. The molecule has 1 N–H and O–H groups in total. The third kappa shape index (κ3) is 6.10. The summed E-state index contributed by atoms with van der Waals surface area (Å²) in [6, 6.07) is 16.5. The minimum atomic E-state index is -0.524. The number of nitrogens with one attached hydrogen (secondary N) is 1. The second-order valence-corrected chi connectivity index (χ2v) is 6.90. The summed E-state index contributed by atoms with van der Waals surface area (Å²) >= 11 is 6.31. The van der Waals surface area contributed by atoms with Crippen molar-refractivity contribution in [3.8, 4) is 0 Å². The molecule has 0 spiro atoms. The van der Waals surface area contributed by atoms with E-state index in [4.69, 9.17) is 11.6 Å². The standard InChI is InChI=1S/C22H27ClN2O2/c1-3-14-24-22(27)20(4-2)25(16-18-12-8-9-13-19(18)23)21(26)15-17-10-6-5-7-11-17/h5-13,20H,3-4,14-16H2,1-2H3,(H,24,27)/t20-/m0/s1. The summed E-state index contributed by atoms with van der Waals surface area (Å²) in [6.07, 6.45) is 1.65. The van der Waals surface area contributed by atoms with Crippen LogP contribution in [0.25, 0.3) is 0 Å². The van der Waals surface area contributed by atoms with Gasteiger partial charge in [0.05, 0.1) is 6.42 Å². The molecule has 0 saturated carbocycles. The quantitative estimate of drug-likeness (QED) is 0.701. The SMILES string of the molecule is CCCNC(=O)[C@H](CC)N(Cc1ccccc1Cl)C(=O)Cc1ccccc1. The Balaban J connectivity index is 2.27. The van der Waals surface area contributed by atoms with Crippen LogP contribution in [-0.2, 0) is 22.6 Å². The van der Waals surface area contributed by atoms with Crippen LogP contribution in [0.5, 0.6) is 0 Å². The van der Waals surface area contributed by atoms with Crippen LogP contribution in [0.15, 0.2) is 54.6 Å². The third-order valence-electron chi connectivity index (χ3n) is 4.43. The Morgan fingerprint density at radius 1 is 1.04 bits per heavy atom. The van der Waals surface area contributed by atoms with Gasteiger partial charge in [-0.25, -0.2) is 0 Å². The van der Waals surface area contributed by atoms with Crippen molar-refractivity contribution in [2.75, 3.05) is 6.54 Å². The third-order valence-corrected chi connectivity index (χ3v) is 4.80. The molecule has 5 heteroatoms. The van der Waals surface area contributed by atoms with Gasteiger partial charge in [-0.1, -0.05) is 74.0 Å². The minimum absolute atomic E-state index is 0.0837. The molecule has 0 saturated heterocycles. The van der Waals surface area contributed by atoms with E-state index in [1.54, 1.807) is 11.0 Å². The highest BCUT2D eigenvalue weighted by molar-refractivity contribution is 6.31. The normalized spacial score (nSPS) is 11.7. The summed E-state index contributed by atoms with van der Waals surface area (Å²) < 4.78 is 0. The largest absolute Gasteiger partial charge is 0.354 e. The van der Waals surface area contributed by atoms with E-state index in [-0.39, 0.29) is 18.2 Å². The lowest BCUT2D eigenvalue weighted by atomic mass is 10.1. The van der Waals surface area contributed by atoms with E-state index in [1.165, 1.54) is 0 Å². The number of halogens is 1. The summed E-state index contributed by atoms with van der Waals surface area (Å²) in [5, 5.41) is 3.51. The lowest BCUT2D eigenvalue weighted by molar-refractivity contribution is -0.140. The number of nitrogens with zero attached hydrogens (tertiary/aromatic N) is 1.